The molecule has 17 heavy (non-hydrogen) atoms. The molecule has 0 amide bonds. The Hall–Kier alpha value is -1.16. The van der Waals surface area contributed by atoms with Crippen LogP contribution in [0.1, 0.15) is 6.92 Å². The highest BCUT2D eigenvalue weighted by molar-refractivity contribution is 6.03. The second-order valence-corrected chi connectivity index (χ2v) is 4.02. The van der Waals surface area contributed by atoms with Crippen LogP contribution >= 0.6 is 0 Å². The highest BCUT2D eigenvalue weighted by atomic mass is 127. The maximum Gasteiger partial charge on any atom is 0.213 e. The predicted molar refractivity (Wildman–Crippen MR) is 67.3 cm³/mol. The summed E-state index contributed by atoms with van der Waals surface area (Å²) < 4.78 is 2.30. The fourth-order valence-corrected chi connectivity index (χ4v) is 2.31. The van der Waals surface area contributed by atoms with Crippen LogP contribution < -0.4 is 28.5 Å². The van der Waals surface area contributed by atoms with E-state index in [0.29, 0.717) is 0 Å². The molecular weight excluding hydrogens is 321 g/mol. The van der Waals surface area contributed by atoms with E-state index in [1.165, 1.54) is 21.7 Å². The van der Waals surface area contributed by atoms with Crippen molar-refractivity contribution in [1.82, 2.24) is 0 Å². The van der Waals surface area contributed by atoms with Gasteiger partial charge >= 0.3 is 0 Å². The Kier molecular flexibility index (Phi) is 3.62. The van der Waals surface area contributed by atoms with Gasteiger partial charge in [0.05, 0.1) is 5.39 Å². The van der Waals surface area contributed by atoms with Crippen LogP contribution in [0.15, 0.2) is 54.7 Å². The average Bonchev–Trinajstić information content (AvgIpc) is 2.38. The van der Waals surface area contributed by atoms with Gasteiger partial charge in [-0.3, -0.25) is 0 Å². The summed E-state index contributed by atoms with van der Waals surface area (Å²) >= 11 is 0. The smallest absolute Gasteiger partial charge is 0.213 e. The molecule has 0 bridgehead atoms. The number of fused-ring (bicyclic) bond motifs is 3. The molecule has 3 aromatic rings. The van der Waals surface area contributed by atoms with Gasteiger partial charge in [-0.15, -0.1) is 0 Å². The van der Waals surface area contributed by atoms with Crippen molar-refractivity contribution in [1.29, 1.82) is 0 Å². The summed E-state index contributed by atoms with van der Waals surface area (Å²) in [5, 5.41) is 3.98. The topological polar surface area (TPSA) is 3.88 Å². The molecule has 0 radical (unpaired) electrons. The van der Waals surface area contributed by atoms with E-state index in [2.05, 4.69) is 66.2 Å². The Morgan fingerprint density at radius 2 is 1.53 bits per heavy atom. The molecule has 1 aromatic heterocycles. The lowest BCUT2D eigenvalue weighted by Gasteiger charge is -2.03. The average molecular weight is 335 g/mol. The zero-order valence-corrected chi connectivity index (χ0v) is 11.9. The van der Waals surface area contributed by atoms with Crippen LogP contribution in [0.3, 0.4) is 0 Å². The van der Waals surface area contributed by atoms with Gasteiger partial charge < -0.3 is 24.0 Å². The summed E-state index contributed by atoms with van der Waals surface area (Å²) in [6, 6.07) is 17.2. The molecule has 2 heteroatoms. The second kappa shape index (κ2) is 5.00. The van der Waals surface area contributed by atoms with E-state index >= 15 is 0 Å². The standard InChI is InChI=1S/C15H14N.HI/c1-2-16-11-12-7-3-4-8-13(12)14-9-5-6-10-15(14)16;/h3-11H,2H2,1H3;1H/q+1;/p-1. The van der Waals surface area contributed by atoms with Gasteiger partial charge in [0, 0.05) is 16.8 Å². The number of halogens is 1. The first kappa shape index (κ1) is 12.3. The summed E-state index contributed by atoms with van der Waals surface area (Å²) in [5.41, 5.74) is 1.31. The number of benzene rings is 2. The van der Waals surface area contributed by atoms with E-state index in [0.717, 1.165) is 6.54 Å². The Balaban J connectivity index is 0.00000108. The van der Waals surface area contributed by atoms with Gasteiger partial charge in [-0.05, 0) is 19.1 Å². The molecular formula is C15H14IN. The van der Waals surface area contributed by atoms with Crippen molar-refractivity contribution in [2.45, 2.75) is 13.5 Å². The van der Waals surface area contributed by atoms with E-state index in [9.17, 15) is 0 Å². The molecule has 0 unspecified atom stereocenters. The van der Waals surface area contributed by atoms with Crippen LogP contribution in [0.2, 0.25) is 0 Å². The van der Waals surface area contributed by atoms with Crippen molar-refractivity contribution in [2.24, 2.45) is 0 Å². The first-order valence-electron chi connectivity index (χ1n) is 5.70. The first-order valence-corrected chi connectivity index (χ1v) is 5.70. The third-order valence-electron chi connectivity index (χ3n) is 3.10. The van der Waals surface area contributed by atoms with Crippen molar-refractivity contribution >= 4 is 21.7 Å². The molecule has 1 heterocycles. The van der Waals surface area contributed by atoms with Crippen LogP contribution in [0.25, 0.3) is 21.7 Å². The van der Waals surface area contributed by atoms with E-state index in [1.807, 2.05) is 0 Å². The van der Waals surface area contributed by atoms with Gasteiger partial charge in [-0.1, -0.05) is 30.3 Å². The number of nitrogens with zero attached hydrogens (tertiary/aromatic N) is 1. The summed E-state index contributed by atoms with van der Waals surface area (Å²) in [7, 11) is 0. The molecule has 0 aliphatic carbocycles. The van der Waals surface area contributed by atoms with Crippen molar-refractivity contribution < 1.29 is 28.5 Å². The van der Waals surface area contributed by atoms with Crippen LogP contribution in [-0.4, -0.2) is 0 Å². The van der Waals surface area contributed by atoms with E-state index in [-0.39, 0.29) is 24.0 Å². The quantitative estimate of drug-likeness (QED) is 0.342. The number of aryl methyl sites for hydroxylation is 1. The Labute approximate surface area is 118 Å². The van der Waals surface area contributed by atoms with Gasteiger partial charge in [0.25, 0.3) is 0 Å². The fourth-order valence-electron chi connectivity index (χ4n) is 2.31. The number of hydrogen-bond acceptors (Lipinski definition) is 0. The normalized spacial score (nSPS) is 10.4. The monoisotopic (exact) mass is 335 g/mol. The summed E-state index contributed by atoms with van der Waals surface area (Å²) in [6.45, 7) is 3.19. The Bertz CT molecular complexity index is 661. The number of para-hydroxylation sites is 1. The summed E-state index contributed by atoms with van der Waals surface area (Å²) in [6.07, 6.45) is 2.23. The maximum absolute atomic E-state index is 2.30. The van der Waals surface area contributed by atoms with E-state index < -0.39 is 0 Å². The lowest BCUT2D eigenvalue weighted by molar-refractivity contribution is -0.666. The first-order chi connectivity index (χ1) is 7.90. The fraction of sp³-hybridized carbons (Fsp3) is 0.133. The van der Waals surface area contributed by atoms with Gasteiger partial charge in [0.2, 0.25) is 5.52 Å². The van der Waals surface area contributed by atoms with Gasteiger partial charge in [-0.2, -0.15) is 4.57 Å². The van der Waals surface area contributed by atoms with Gasteiger partial charge in [-0.25, -0.2) is 0 Å². The SMILES string of the molecule is CC[n+]1cc2ccccc2c2ccccc21.[I-]. The maximum atomic E-state index is 2.30. The van der Waals surface area contributed by atoms with Crippen LogP contribution in [-0.2, 0) is 6.54 Å². The minimum atomic E-state index is 0. The highest BCUT2D eigenvalue weighted by Gasteiger charge is 2.09. The van der Waals surface area contributed by atoms with Gasteiger partial charge in [0.15, 0.2) is 6.20 Å². The van der Waals surface area contributed by atoms with Gasteiger partial charge in [0.1, 0.15) is 6.54 Å². The number of aromatic nitrogens is 1. The number of hydrogen-bond donors (Lipinski definition) is 0. The largest absolute Gasteiger partial charge is 1.00 e. The molecule has 0 aliphatic heterocycles. The molecule has 86 valence electrons. The summed E-state index contributed by atoms with van der Waals surface area (Å²) in [5.74, 6) is 0. The second-order valence-electron chi connectivity index (χ2n) is 4.02. The third-order valence-corrected chi connectivity index (χ3v) is 3.10. The molecule has 0 fully saturated rings. The van der Waals surface area contributed by atoms with Crippen LogP contribution in [0.5, 0.6) is 0 Å². The highest BCUT2D eigenvalue weighted by Crippen LogP contribution is 2.21. The Morgan fingerprint density at radius 3 is 2.29 bits per heavy atom. The lowest BCUT2D eigenvalue weighted by atomic mass is 10.1. The molecule has 0 atom stereocenters. The summed E-state index contributed by atoms with van der Waals surface area (Å²) in [4.78, 5) is 0. The van der Waals surface area contributed by atoms with Crippen molar-refractivity contribution in [3.63, 3.8) is 0 Å². The predicted octanol–water partition coefficient (Wildman–Crippen LogP) is 0.304. The minimum Gasteiger partial charge on any atom is -1.00 e. The van der Waals surface area contributed by atoms with Crippen LogP contribution in [0.4, 0.5) is 0 Å². The molecule has 0 aliphatic rings. The molecule has 2 aromatic carbocycles. The van der Waals surface area contributed by atoms with Crippen molar-refractivity contribution in [2.75, 3.05) is 0 Å². The number of pyridine rings is 1. The molecule has 0 saturated carbocycles. The van der Waals surface area contributed by atoms with Crippen molar-refractivity contribution in [3.8, 4) is 0 Å². The molecule has 3 rings (SSSR count). The van der Waals surface area contributed by atoms with E-state index in [4.69, 9.17) is 0 Å². The lowest BCUT2D eigenvalue weighted by Crippen LogP contribution is -3.00. The molecule has 1 nitrogen and oxygen atoms in total. The molecule has 0 saturated heterocycles. The zero-order chi connectivity index (χ0) is 11.0. The van der Waals surface area contributed by atoms with Crippen LogP contribution in [0, 0.1) is 0 Å². The van der Waals surface area contributed by atoms with E-state index in [1.54, 1.807) is 0 Å². The number of rotatable bonds is 1. The zero-order valence-electron chi connectivity index (χ0n) is 9.73. The minimum absolute atomic E-state index is 0. The molecule has 0 N–H and O–H groups in total. The van der Waals surface area contributed by atoms with Crippen molar-refractivity contribution in [3.05, 3.63) is 54.7 Å². The third kappa shape index (κ3) is 2.02. The molecule has 0 spiro atoms. The Morgan fingerprint density at radius 1 is 0.882 bits per heavy atom.